The van der Waals surface area contributed by atoms with Gasteiger partial charge in [-0.1, -0.05) is 0 Å². The van der Waals surface area contributed by atoms with Crippen molar-refractivity contribution in [1.29, 1.82) is 5.26 Å². The van der Waals surface area contributed by atoms with Crippen molar-refractivity contribution in [1.82, 2.24) is 0 Å². The maximum absolute atomic E-state index is 10.4. The molecule has 0 aliphatic carbocycles. The molecule has 1 rings (SSSR count). The molecule has 0 saturated carbocycles. The molecular formula is C9H9NO4. The van der Waals surface area contributed by atoms with Gasteiger partial charge in [-0.05, 0) is 6.07 Å². The molecule has 0 radical (unpaired) electrons. The van der Waals surface area contributed by atoms with Gasteiger partial charge in [0.25, 0.3) is 0 Å². The van der Waals surface area contributed by atoms with E-state index in [0.717, 1.165) is 0 Å². The fourth-order valence-electron chi connectivity index (χ4n) is 1.08. The molecule has 1 heterocycles. The van der Waals surface area contributed by atoms with Gasteiger partial charge in [-0.2, -0.15) is 5.26 Å². The molecule has 2 unspecified atom stereocenters. The monoisotopic (exact) mass is 195 g/mol. The first-order chi connectivity index (χ1) is 6.70. The van der Waals surface area contributed by atoms with Gasteiger partial charge in [-0.25, -0.2) is 0 Å². The van der Waals surface area contributed by atoms with E-state index < -0.39 is 12.2 Å². The highest BCUT2D eigenvalue weighted by Crippen LogP contribution is 2.22. The van der Waals surface area contributed by atoms with E-state index in [1.165, 1.54) is 12.3 Å². The Kier molecular flexibility index (Phi) is 3.40. The largest absolute Gasteiger partial charge is 0.461 e. The maximum Gasteiger partial charge on any atom is 0.185 e. The van der Waals surface area contributed by atoms with Gasteiger partial charge in [0.15, 0.2) is 12.0 Å². The molecule has 2 atom stereocenters. The van der Waals surface area contributed by atoms with Crippen LogP contribution in [0, 0.1) is 11.3 Å². The van der Waals surface area contributed by atoms with Gasteiger partial charge in [0.05, 0.1) is 24.9 Å². The Labute approximate surface area is 80.2 Å². The van der Waals surface area contributed by atoms with Crippen LogP contribution in [0.1, 0.15) is 28.6 Å². The number of nitriles is 1. The Morgan fingerprint density at radius 3 is 2.93 bits per heavy atom. The van der Waals surface area contributed by atoms with Gasteiger partial charge < -0.3 is 14.6 Å². The zero-order valence-corrected chi connectivity index (χ0v) is 7.25. The minimum absolute atomic E-state index is 0.0329. The zero-order chi connectivity index (χ0) is 10.6. The van der Waals surface area contributed by atoms with Crippen molar-refractivity contribution in [3.63, 3.8) is 0 Å². The summed E-state index contributed by atoms with van der Waals surface area (Å²) in [6.07, 6.45) is -1.01. The van der Waals surface area contributed by atoms with Crippen LogP contribution in [0.5, 0.6) is 0 Å². The third kappa shape index (κ3) is 1.99. The van der Waals surface area contributed by atoms with Crippen LogP contribution in [0.4, 0.5) is 0 Å². The van der Waals surface area contributed by atoms with Crippen LogP contribution in [0.15, 0.2) is 16.7 Å². The van der Waals surface area contributed by atoms with Crippen LogP contribution >= 0.6 is 0 Å². The second-order valence-electron chi connectivity index (χ2n) is 2.73. The van der Waals surface area contributed by atoms with Crippen molar-refractivity contribution in [2.75, 3.05) is 0 Å². The highest BCUT2D eigenvalue weighted by Gasteiger charge is 2.22. The standard InChI is InChI=1S/C9H9NO4/c10-3-1-7(12)9(13)6-2-4-14-8(6)5-11/h2,4-5,7,9,12-13H,1H2. The lowest BCUT2D eigenvalue weighted by molar-refractivity contribution is 0.0208. The molecule has 0 aliphatic rings. The minimum atomic E-state index is -1.27. The van der Waals surface area contributed by atoms with Gasteiger partial charge in [-0.15, -0.1) is 0 Å². The lowest BCUT2D eigenvalue weighted by atomic mass is 10.0. The molecule has 0 bridgehead atoms. The number of hydrogen-bond acceptors (Lipinski definition) is 5. The van der Waals surface area contributed by atoms with E-state index in [4.69, 9.17) is 9.68 Å². The summed E-state index contributed by atoms with van der Waals surface area (Å²) in [7, 11) is 0. The van der Waals surface area contributed by atoms with E-state index >= 15 is 0 Å². The van der Waals surface area contributed by atoms with Crippen molar-refractivity contribution >= 4 is 6.29 Å². The third-order valence-corrected chi connectivity index (χ3v) is 1.82. The summed E-state index contributed by atoms with van der Waals surface area (Å²) in [6.45, 7) is 0. The van der Waals surface area contributed by atoms with E-state index in [-0.39, 0.29) is 17.7 Å². The number of rotatable bonds is 4. The van der Waals surface area contributed by atoms with Gasteiger partial charge in [0, 0.05) is 5.56 Å². The summed E-state index contributed by atoms with van der Waals surface area (Å²) in [5.74, 6) is -0.0329. The molecule has 0 amide bonds. The normalized spacial score (nSPS) is 14.4. The molecular weight excluding hydrogens is 186 g/mol. The molecule has 0 aliphatic heterocycles. The molecule has 0 saturated heterocycles. The van der Waals surface area contributed by atoms with Crippen molar-refractivity contribution in [2.45, 2.75) is 18.6 Å². The van der Waals surface area contributed by atoms with Crippen LogP contribution < -0.4 is 0 Å². The first-order valence-electron chi connectivity index (χ1n) is 3.96. The fourth-order valence-corrected chi connectivity index (χ4v) is 1.08. The Morgan fingerprint density at radius 2 is 2.36 bits per heavy atom. The van der Waals surface area contributed by atoms with E-state index in [2.05, 4.69) is 0 Å². The van der Waals surface area contributed by atoms with E-state index in [0.29, 0.717) is 6.29 Å². The first-order valence-corrected chi connectivity index (χ1v) is 3.96. The number of carbonyl (C=O) groups is 1. The molecule has 0 spiro atoms. The number of furan rings is 1. The fraction of sp³-hybridized carbons (Fsp3) is 0.333. The highest BCUT2D eigenvalue weighted by molar-refractivity contribution is 5.73. The lowest BCUT2D eigenvalue weighted by Crippen LogP contribution is -2.17. The Morgan fingerprint density at radius 1 is 1.64 bits per heavy atom. The summed E-state index contributed by atoms with van der Waals surface area (Å²) in [5.41, 5.74) is 0.197. The SMILES string of the molecule is N#CCC(O)C(O)c1ccoc1C=O. The number of aldehydes is 1. The van der Waals surface area contributed by atoms with Crippen molar-refractivity contribution in [3.05, 3.63) is 23.7 Å². The van der Waals surface area contributed by atoms with Crippen LogP contribution in [0.2, 0.25) is 0 Å². The molecule has 1 aromatic rings. The third-order valence-electron chi connectivity index (χ3n) is 1.82. The summed E-state index contributed by atoms with van der Waals surface area (Å²) in [5, 5.41) is 27.1. The van der Waals surface area contributed by atoms with Crippen molar-refractivity contribution in [3.8, 4) is 6.07 Å². The zero-order valence-electron chi connectivity index (χ0n) is 7.25. The summed E-state index contributed by atoms with van der Waals surface area (Å²) < 4.78 is 4.74. The first kappa shape index (κ1) is 10.4. The molecule has 74 valence electrons. The topological polar surface area (TPSA) is 94.5 Å². The molecule has 0 fully saturated rings. The van der Waals surface area contributed by atoms with E-state index in [9.17, 15) is 15.0 Å². The molecule has 1 aromatic heterocycles. The smallest absolute Gasteiger partial charge is 0.185 e. The van der Waals surface area contributed by atoms with Gasteiger partial charge in [0.2, 0.25) is 0 Å². The lowest BCUT2D eigenvalue weighted by Gasteiger charge is -2.13. The molecule has 5 nitrogen and oxygen atoms in total. The summed E-state index contributed by atoms with van der Waals surface area (Å²) in [4.78, 5) is 10.4. The van der Waals surface area contributed by atoms with Crippen molar-refractivity contribution in [2.24, 2.45) is 0 Å². The predicted molar refractivity (Wildman–Crippen MR) is 45.3 cm³/mol. The quantitative estimate of drug-likeness (QED) is 0.678. The van der Waals surface area contributed by atoms with E-state index in [1.54, 1.807) is 6.07 Å². The average molecular weight is 195 g/mol. The molecule has 5 heteroatoms. The molecule has 14 heavy (non-hydrogen) atoms. The maximum atomic E-state index is 10.4. The number of carbonyl (C=O) groups excluding carboxylic acids is 1. The van der Waals surface area contributed by atoms with E-state index in [1.807, 2.05) is 0 Å². The van der Waals surface area contributed by atoms with Crippen LogP contribution in [-0.4, -0.2) is 22.6 Å². The number of aliphatic hydroxyl groups is 2. The Bertz CT molecular complexity index is 352. The van der Waals surface area contributed by atoms with Gasteiger partial charge in [0.1, 0.15) is 6.10 Å². The highest BCUT2D eigenvalue weighted by atomic mass is 16.3. The van der Waals surface area contributed by atoms with Crippen LogP contribution in [0.25, 0.3) is 0 Å². The molecule has 2 N–H and O–H groups in total. The summed E-state index contributed by atoms with van der Waals surface area (Å²) in [6, 6.07) is 3.10. The minimum Gasteiger partial charge on any atom is -0.461 e. The second-order valence-corrected chi connectivity index (χ2v) is 2.73. The van der Waals surface area contributed by atoms with Gasteiger partial charge in [-0.3, -0.25) is 4.79 Å². The number of nitrogens with zero attached hydrogens (tertiary/aromatic N) is 1. The predicted octanol–water partition coefficient (Wildman–Crippen LogP) is 0.400. The van der Waals surface area contributed by atoms with Crippen LogP contribution in [0.3, 0.4) is 0 Å². The number of aliphatic hydroxyl groups excluding tert-OH is 2. The summed E-state index contributed by atoms with van der Waals surface area (Å²) >= 11 is 0. The van der Waals surface area contributed by atoms with Gasteiger partial charge >= 0.3 is 0 Å². The van der Waals surface area contributed by atoms with Crippen LogP contribution in [-0.2, 0) is 0 Å². The number of hydrogen-bond donors (Lipinski definition) is 2. The Balaban J connectivity index is 2.83. The Hall–Kier alpha value is -1.64. The average Bonchev–Trinajstić information content (AvgIpc) is 2.64. The molecule has 0 aromatic carbocycles. The van der Waals surface area contributed by atoms with Crippen molar-refractivity contribution < 1.29 is 19.4 Å². The second kappa shape index (κ2) is 4.56.